The van der Waals surface area contributed by atoms with E-state index in [4.69, 9.17) is 0 Å². The van der Waals surface area contributed by atoms with Crippen LogP contribution in [0.1, 0.15) is 27.5 Å². The monoisotopic (exact) mass is 415 g/mol. The third-order valence-corrected chi connectivity index (χ3v) is 4.97. The Balaban J connectivity index is 1.81. The maximum atomic E-state index is 13.8. The summed E-state index contributed by atoms with van der Waals surface area (Å²) < 4.78 is 41.1. The summed E-state index contributed by atoms with van der Waals surface area (Å²) in [5, 5.41) is 2.62. The number of urea groups is 1. The molecule has 1 N–H and O–H groups in total. The second-order valence-corrected chi connectivity index (χ2v) is 6.91. The first-order chi connectivity index (χ1) is 14.3. The molecular weight excluding hydrogens is 399 g/mol. The number of aliphatic imine (C=N–C) groups is 2. The van der Waals surface area contributed by atoms with E-state index >= 15 is 0 Å². The van der Waals surface area contributed by atoms with E-state index in [-0.39, 0.29) is 24.0 Å². The van der Waals surface area contributed by atoms with Crippen LogP contribution in [0.5, 0.6) is 0 Å². The van der Waals surface area contributed by atoms with Gasteiger partial charge < -0.3 is 0 Å². The third-order valence-electron chi connectivity index (χ3n) is 4.97. The highest BCUT2D eigenvalue weighted by atomic mass is 19.2. The standard InChI is InChI=1S/C20H16F3N5O2/c1-10-3-4-11(9-29)5-15(10)25-18-26-20(30)27(2)19-24-8-16(28(18)19)12-6-13(21)17(23)14(22)7-12/h3-7,9,16H,8H2,1-2H3,(H,25,26,30). The molecule has 1 fully saturated rings. The molecule has 0 aliphatic carbocycles. The van der Waals surface area contributed by atoms with Crippen molar-refractivity contribution in [3.63, 3.8) is 0 Å². The molecule has 0 saturated carbocycles. The summed E-state index contributed by atoms with van der Waals surface area (Å²) in [6, 6.07) is 5.47. The number of aldehydes is 1. The molecule has 1 saturated heterocycles. The van der Waals surface area contributed by atoms with Crippen molar-refractivity contribution >= 4 is 29.9 Å². The lowest BCUT2D eigenvalue weighted by Gasteiger charge is -2.36. The van der Waals surface area contributed by atoms with Crippen molar-refractivity contribution in [1.29, 1.82) is 0 Å². The number of carbonyl (C=O) groups excluding carboxylic acids is 2. The Morgan fingerprint density at radius 1 is 1.20 bits per heavy atom. The number of halogens is 3. The van der Waals surface area contributed by atoms with E-state index in [9.17, 15) is 22.8 Å². The molecule has 1 atom stereocenters. The molecule has 0 spiro atoms. The number of carbonyl (C=O) groups is 2. The van der Waals surface area contributed by atoms with Gasteiger partial charge in [-0.15, -0.1) is 0 Å². The van der Waals surface area contributed by atoms with E-state index in [1.165, 1.54) is 16.8 Å². The Labute approximate surface area is 169 Å². The van der Waals surface area contributed by atoms with Crippen LogP contribution in [0.4, 0.5) is 23.7 Å². The number of benzene rings is 2. The van der Waals surface area contributed by atoms with Crippen LogP contribution in [-0.4, -0.2) is 47.6 Å². The minimum absolute atomic E-state index is 0.0749. The minimum atomic E-state index is -1.56. The van der Waals surface area contributed by atoms with Gasteiger partial charge >= 0.3 is 6.03 Å². The molecular formula is C20H16F3N5O2. The number of nitrogens with zero attached hydrogens (tertiary/aromatic N) is 4. The number of hydrogen-bond donors (Lipinski definition) is 1. The van der Waals surface area contributed by atoms with Crippen LogP contribution >= 0.6 is 0 Å². The summed E-state index contributed by atoms with van der Waals surface area (Å²) in [5.74, 6) is -3.88. The highest BCUT2D eigenvalue weighted by Crippen LogP contribution is 2.32. The topological polar surface area (TPSA) is 77.4 Å². The Morgan fingerprint density at radius 3 is 2.57 bits per heavy atom. The lowest BCUT2D eigenvalue weighted by Crippen LogP contribution is -2.61. The van der Waals surface area contributed by atoms with Crippen LogP contribution in [0.3, 0.4) is 0 Å². The molecule has 154 valence electrons. The molecule has 1 unspecified atom stereocenters. The van der Waals surface area contributed by atoms with Gasteiger partial charge in [0.25, 0.3) is 0 Å². The number of amides is 2. The van der Waals surface area contributed by atoms with E-state index in [1.54, 1.807) is 25.1 Å². The Bertz CT molecular complexity index is 1110. The smallest absolute Gasteiger partial charge is 0.298 e. The Morgan fingerprint density at radius 2 is 1.90 bits per heavy atom. The summed E-state index contributed by atoms with van der Waals surface area (Å²) in [7, 11) is 1.49. The molecule has 4 rings (SSSR count). The van der Waals surface area contributed by atoms with Crippen LogP contribution in [-0.2, 0) is 0 Å². The molecule has 2 amide bonds. The maximum Gasteiger partial charge on any atom is 0.330 e. The van der Waals surface area contributed by atoms with Gasteiger partial charge in [0.05, 0.1) is 18.3 Å². The van der Waals surface area contributed by atoms with Crippen molar-refractivity contribution in [1.82, 2.24) is 15.1 Å². The second kappa shape index (κ2) is 7.29. The molecule has 2 aliphatic rings. The number of guanidine groups is 2. The second-order valence-electron chi connectivity index (χ2n) is 6.91. The lowest BCUT2D eigenvalue weighted by atomic mass is 10.1. The molecule has 2 aliphatic heterocycles. The first-order valence-electron chi connectivity index (χ1n) is 8.97. The molecule has 30 heavy (non-hydrogen) atoms. The Kier molecular flexibility index (Phi) is 4.76. The van der Waals surface area contributed by atoms with Gasteiger partial charge in [-0.05, 0) is 36.2 Å². The van der Waals surface area contributed by atoms with Crippen LogP contribution < -0.4 is 5.32 Å². The predicted octanol–water partition coefficient (Wildman–Crippen LogP) is 3.28. The fraction of sp³-hybridized carbons (Fsp3) is 0.200. The van der Waals surface area contributed by atoms with Gasteiger partial charge in [-0.2, -0.15) is 0 Å². The fourth-order valence-corrected chi connectivity index (χ4v) is 3.34. The van der Waals surface area contributed by atoms with Gasteiger partial charge in [-0.25, -0.2) is 28.0 Å². The summed E-state index contributed by atoms with van der Waals surface area (Å²) in [5.41, 5.74) is 1.71. The zero-order valence-corrected chi connectivity index (χ0v) is 16.0. The molecule has 2 aromatic carbocycles. The van der Waals surface area contributed by atoms with Crippen molar-refractivity contribution in [3.05, 3.63) is 64.5 Å². The highest BCUT2D eigenvalue weighted by molar-refractivity contribution is 6.16. The number of hydrogen-bond acceptors (Lipinski definition) is 4. The summed E-state index contributed by atoms with van der Waals surface area (Å²) in [6.45, 7) is 1.86. The van der Waals surface area contributed by atoms with E-state index in [0.29, 0.717) is 17.5 Å². The van der Waals surface area contributed by atoms with Gasteiger partial charge in [-0.3, -0.25) is 19.9 Å². The average molecular weight is 415 g/mol. The van der Waals surface area contributed by atoms with E-state index in [0.717, 1.165) is 17.7 Å². The quantitative estimate of drug-likeness (QED) is 0.618. The largest absolute Gasteiger partial charge is 0.330 e. The first-order valence-corrected chi connectivity index (χ1v) is 8.97. The molecule has 0 radical (unpaired) electrons. The lowest BCUT2D eigenvalue weighted by molar-refractivity contribution is 0.112. The van der Waals surface area contributed by atoms with Crippen LogP contribution in [0.2, 0.25) is 0 Å². The van der Waals surface area contributed by atoms with Gasteiger partial charge in [0, 0.05) is 12.6 Å². The molecule has 2 heterocycles. The van der Waals surface area contributed by atoms with Crippen LogP contribution in [0.25, 0.3) is 0 Å². The summed E-state index contributed by atoms with van der Waals surface area (Å²) in [6.07, 6.45) is 0.673. The van der Waals surface area contributed by atoms with Crippen molar-refractivity contribution in [2.45, 2.75) is 13.0 Å². The number of aryl methyl sites for hydroxylation is 1. The molecule has 0 bridgehead atoms. The fourth-order valence-electron chi connectivity index (χ4n) is 3.34. The molecule has 2 aromatic rings. The van der Waals surface area contributed by atoms with Gasteiger partial charge in [-0.1, -0.05) is 12.1 Å². The average Bonchev–Trinajstić information content (AvgIpc) is 3.17. The number of nitrogens with one attached hydrogen (secondary N) is 1. The summed E-state index contributed by atoms with van der Waals surface area (Å²) >= 11 is 0. The zero-order valence-electron chi connectivity index (χ0n) is 16.0. The van der Waals surface area contributed by atoms with E-state index in [1.807, 2.05) is 0 Å². The van der Waals surface area contributed by atoms with Gasteiger partial charge in [0.15, 0.2) is 17.5 Å². The molecule has 10 heteroatoms. The number of rotatable bonds is 3. The minimum Gasteiger partial charge on any atom is -0.298 e. The normalized spacial score (nSPS) is 19.6. The maximum absolute atomic E-state index is 13.8. The predicted molar refractivity (Wildman–Crippen MR) is 103 cm³/mol. The zero-order chi connectivity index (χ0) is 21.6. The summed E-state index contributed by atoms with van der Waals surface area (Å²) in [4.78, 5) is 35.0. The first kappa shape index (κ1) is 19.6. The van der Waals surface area contributed by atoms with Crippen molar-refractivity contribution < 1.29 is 22.8 Å². The third kappa shape index (κ3) is 3.19. The van der Waals surface area contributed by atoms with Crippen LogP contribution in [0, 0.1) is 24.4 Å². The van der Waals surface area contributed by atoms with Crippen molar-refractivity contribution in [3.8, 4) is 0 Å². The molecule has 0 aromatic heterocycles. The van der Waals surface area contributed by atoms with Gasteiger partial charge in [0.2, 0.25) is 11.9 Å². The van der Waals surface area contributed by atoms with Crippen LogP contribution in [0.15, 0.2) is 40.3 Å². The van der Waals surface area contributed by atoms with Gasteiger partial charge in [0.1, 0.15) is 6.29 Å². The van der Waals surface area contributed by atoms with Crippen molar-refractivity contribution in [2.24, 2.45) is 9.98 Å². The SMILES string of the molecule is Cc1ccc(C=O)cc1N=C1NC(=O)N(C)C2=NCC(c3cc(F)c(F)c(F)c3)N12. The van der Waals surface area contributed by atoms with E-state index in [2.05, 4.69) is 15.3 Å². The Hall–Kier alpha value is -3.69. The van der Waals surface area contributed by atoms with E-state index < -0.39 is 29.5 Å². The van der Waals surface area contributed by atoms with Crippen molar-refractivity contribution in [2.75, 3.05) is 13.6 Å². The molecule has 7 nitrogen and oxygen atoms in total. The highest BCUT2D eigenvalue weighted by Gasteiger charge is 2.41. The number of fused-ring (bicyclic) bond motifs is 1.